The van der Waals surface area contributed by atoms with E-state index in [1.165, 1.54) is 30.3 Å². The van der Waals surface area contributed by atoms with Crippen LogP contribution in [0, 0.1) is 5.92 Å². The number of carboxylic acid groups (broad SMARTS) is 2. The zero-order valence-electron chi connectivity index (χ0n) is 32.2. The minimum atomic E-state index is -1.67. The van der Waals surface area contributed by atoms with Crippen molar-refractivity contribution in [1.29, 1.82) is 0 Å². The van der Waals surface area contributed by atoms with Crippen LogP contribution in [0.4, 0.5) is 0 Å². The molecule has 308 valence electrons. The molecule has 0 spiro atoms. The largest absolute Gasteiger partial charge is 0.493 e. The molecule has 4 rings (SSSR count). The normalized spacial score (nSPS) is 12.3. The highest BCUT2D eigenvalue weighted by Crippen LogP contribution is 2.29. The zero-order chi connectivity index (χ0) is 42.2. The number of hydroxylamine groups is 2. The molecule has 0 fully saturated rings. The lowest BCUT2D eigenvalue weighted by Gasteiger charge is -2.31. The SMILES string of the molecule is CCCCCC(C(=O)NCNC(=O)c1ccc(-c2ccc(C(=O)NC(CC(=O)O)C(=O)O)c(OCC)c2)o1)C(CC)N(C=O)OC(=O)c1ccc(-n2ccnc2)cc1. The summed E-state index contributed by atoms with van der Waals surface area (Å²) in [5, 5.41) is 26.6. The van der Waals surface area contributed by atoms with Crippen LogP contribution in [0.15, 0.2) is 77.7 Å². The van der Waals surface area contributed by atoms with Crippen LogP contribution in [0.25, 0.3) is 17.0 Å². The van der Waals surface area contributed by atoms with Crippen molar-refractivity contribution in [1.82, 2.24) is 30.6 Å². The number of carboxylic acids is 2. The molecule has 58 heavy (non-hydrogen) atoms. The average molecular weight is 803 g/mol. The van der Waals surface area contributed by atoms with Crippen molar-refractivity contribution < 1.29 is 57.8 Å². The summed E-state index contributed by atoms with van der Waals surface area (Å²) in [6.07, 6.45) is 7.54. The molecule has 0 aliphatic heterocycles. The van der Waals surface area contributed by atoms with E-state index in [1.54, 1.807) is 61.4 Å². The fraction of sp³-hybridized carbons (Fsp3) is 0.350. The molecule has 2 aromatic heterocycles. The minimum Gasteiger partial charge on any atom is -0.493 e. The predicted octanol–water partition coefficient (Wildman–Crippen LogP) is 4.20. The summed E-state index contributed by atoms with van der Waals surface area (Å²) in [5.74, 6) is -6.32. The number of amides is 4. The van der Waals surface area contributed by atoms with E-state index in [0.717, 1.165) is 23.6 Å². The Balaban J connectivity index is 1.40. The van der Waals surface area contributed by atoms with Crippen molar-refractivity contribution in [2.24, 2.45) is 5.92 Å². The van der Waals surface area contributed by atoms with Gasteiger partial charge >= 0.3 is 17.9 Å². The molecule has 0 bridgehead atoms. The molecule has 3 unspecified atom stereocenters. The second kappa shape index (κ2) is 21.4. The summed E-state index contributed by atoms with van der Waals surface area (Å²) in [5.41, 5.74) is 1.31. The Morgan fingerprint density at radius 2 is 1.71 bits per heavy atom. The van der Waals surface area contributed by atoms with Gasteiger partial charge in [-0.25, -0.2) is 14.6 Å². The van der Waals surface area contributed by atoms with Crippen LogP contribution in [0.2, 0.25) is 0 Å². The number of furan rings is 1. The third kappa shape index (κ3) is 11.8. The molecule has 0 aliphatic carbocycles. The first-order valence-electron chi connectivity index (χ1n) is 18.6. The molecular formula is C40H46N6O12. The maximum Gasteiger partial charge on any atom is 0.363 e. The maximum absolute atomic E-state index is 13.6. The van der Waals surface area contributed by atoms with Crippen LogP contribution in [0.5, 0.6) is 5.75 Å². The standard InChI is InChI=1S/C40H46N6O12/c1-4-7-8-9-28(31(5-2)46(24-47)58-40(55)25-10-13-27(14-11-25)45-19-18-41-23-45)36(50)42-22-43-38(52)33-17-16-32(57-33)26-12-15-29(34(20-26)56-6-3)37(51)44-30(39(53)54)21-35(48)49/h10-20,23-24,28,30-31H,4-9,21-22H2,1-3H3,(H,42,50)(H,43,52)(H,44,51)(H,48,49)(H,53,54). The summed E-state index contributed by atoms with van der Waals surface area (Å²) in [6, 6.07) is 11.2. The van der Waals surface area contributed by atoms with Gasteiger partial charge in [-0.2, -0.15) is 5.06 Å². The van der Waals surface area contributed by atoms with Crippen LogP contribution in [0.3, 0.4) is 0 Å². The molecule has 2 aromatic carbocycles. The number of nitrogens with zero attached hydrogens (tertiary/aromatic N) is 3. The summed E-state index contributed by atoms with van der Waals surface area (Å²) in [7, 11) is 0. The van der Waals surface area contributed by atoms with Crippen molar-refractivity contribution in [3.8, 4) is 22.8 Å². The lowest BCUT2D eigenvalue weighted by Crippen LogP contribution is -2.49. The van der Waals surface area contributed by atoms with Crippen LogP contribution in [-0.2, 0) is 24.0 Å². The number of rotatable bonds is 23. The molecule has 2 heterocycles. The molecule has 5 N–H and O–H groups in total. The van der Waals surface area contributed by atoms with Gasteiger partial charge in [-0.3, -0.25) is 24.0 Å². The van der Waals surface area contributed by atoms with Crippen LogP contribution >= 0.6 is 0 Å². The van der Waals surface area contributed by atoms with Crippen molar-refractivity contribution in [3.63, 3.8) is 0 Å². The van der Waals surface area contributed by atoms with E-state index < -0.39 is 60.1 Å². The summed E-state index contributed by atoms with van der Waals surface area (Å²) in [4.78, 5) is 96.9. The Morgan fingerprint density at radius 1 is 0.948 bits per heavy atom. The monoisotopic (exact) mass is 802 g/mol. The summed E-state index contributed by atoms with van der Waals surface area (Å²) in [6.45, 7) is 5.29. The van der Waals surface area contributed by atoms with E-state index in [-0.39, 0.29) is 48.1 Å². The van der Waals surface area contributed by atoms with Crippen molar-refractivity contribution in [2.75, 3.05) is 13.3 Å². The number of nitrogens with one attached hydrogen (secondary N) is 3. The molecule has 0 saturated carbocycles. The number of ether oxygens (including phenoxy) is 1. The van der Waals surface area contributed by atoms with E-state index in [9.17, 15) is 38.7 Å². The summed E-state index contributed by atoms with van der Waals surface area (Å²) < 4.78 is 13.1. The molecule has 3 atom stereocenters. The highest BCUT2D eigenvalue weighted by Gasteiger charge is 2.34. The van der Waals surface area contributed by atoms with E-state index in [2.05, 4.69) is 20.9 Å². The van der Waals surface area contributed by atoms with E-state index in [0.29, 0.717) is 24.8 Å². The molecule has 18 nitrogen and oxygen atoms in total. The first kappa shape index (κ1) is 43.7. The van der Waals surface area contributed by atoms with E-state index >= 15 is 0 Å². The van der Waals surface area contributed by atoms with Gasteiger partial charge in [0.05, 0.1) is 49.1 Å². The number of hydrogen-bond acceptors (Lipinski definition) is 11. The number of carbonyl (C=O) groups excluding carboxylic acids is 5. The van der Waals surface area contributed by atoms with Crippen LogP contribution < -0.4 is 20.7 Å². The Hall–Kier alpha value is -6.98. The molecule has 0 aliphatic rings. The van der Waals surface area contributed by atoms with E-state index in [1.807, 2.05) is 6.92 Å². The number of benzene rings is 2. The predicted molar refractivity (Wildman–Crippen MR) is 206 cm³/mol. The Labute approximate surface area is 333 Å². The Morgan fingerprint density at radius 3 is 2.33 bits per heavy atom. The Bertz CT molecular complexity index is 2050. The van der Waals surface area contributed by atoms with Crippen molar-refractivity contribution in [3.05, 3.63) is 90.2 Å². The van der Waals surface area contributed by atoms with Gasteiger partial charge in [0.25, 0.3) is 11.8 Å². The van der Waals surface area contributed by atoms with Crippen LogP contribution in [-0.4, -0.2) is 92.2 Å². The number of hydrogen-bond donors (Lipinski definition) is 5. The average Bonchev–Trinajstić information content (AvgIpc) is 3.94. The first-order valence-corrected chi connectivity index (χ1v) is 18.6. The van der Waals surface area contributed by atoms with Gasteiger partial charge in [0.15, 0.2) is 5.76 Å². The fourth-order valence-corrected chi connectivity index (χ4v) is 6.05. The van der Waals surface area contributed by atoms with Gasteiger partial charge in [-0.05, 0) is 68.3 Å². The second-order valence-electron chi connectivity index (χ2n) is 12.9. The highest BCUT2D eigenvalue weighted by molar-refractivity contribution is 6.00. The lowest BCUT2D eigenvalue weighted by atomic mass is 9.90. The maximum atomic E-state index is 13.6. The van der Waals surface area contributed by atoms with Crippen molar-refractivity contribution >= 4 is 42.0 Å². The third-order valence-electron chi connectivity index (χ3n) is 9.00. The van der Waals surface area contributed by atoms with Gasteiger partial charge in [-0.1, -0.05) is 39.2 Å². The van der Waals surface area contributed by atoms with Crippen LogP contribution in [0.1, 0.15) is 90.6 Å². The van der Waals surface area contributed by atoms with Crippen molar-refractivity contribution in [2.45, 2.75) is 71.4 Å². The molecule has 0 radical (unpaired) electrons. The van der Waals surface area contributed by atoms with Gasteiger partial charge in [-0.15, -0.1) is 0 Å². The smallest absolute Gasteiger partial charge is 0.363 e. The number of unbranched alkanes of at least 4 members (excludes halogenated alkanes) is 2. The molecule has 18 heteroatoms. The quantitative estimate of drug-likeness (QED) is 0.0306. The van der Waals surface area contributed by atoms with E-state index in [4.69, 9.17) is 19.1 Å². The lowest BCUT2D eigenvalue weighted by molar-refractivity contribution is -0.171. The third-order valence-corrected chi connectivity index (χ3v) is 9.00. The number of aromatic nitrogens is 2. The minimum absolute atomic E-state index is 0.0491. The number of imidazole rings is 1. The number of carbonyl (C=O) groups is 7. The van der Waals surface area contributed by atoms with Gasteiger partial charge < -0.3 is 44.7 Å². The second-order valence-corrected chi connectivity index (χ2v) is 12.9. The Kier molecular flexibility index (Phi) is 16.1. The number of aliphatic carboxylic acids is 2. The van der Waals surface area contributed by atoms with Gasteiger partial charge in [0.1, 0.15) is 17.6 Å². The molecule has 0 saturated heterocycles. The zero-order valence-corrected chi connectivity index (χ0v) is 32.2. The fourth-order valence-electron chi connectivity index (χ4n) is 6.05. The molecular weight excluding hydrogens is 756 g/mol. The topological polar surface area (TPSA) is 249 Å². The molecule has 4 amide bonds. The molecule has 4 aromatic rings. The highest BCUT2D eigenvalue weighted by atomic mass is 16.7. The summed E-state index contributed by atoms with van der Waals surface area (Å²) >= 11 is 0. The van der Waals surface area contributed by atoms with Gasteiger partial charge in [0, 0.05) is 23.6 Å². The first-order chi connectivity index (χ1) is 27.9. The van der Waals surface area contributed by atoms with Gasteiger partial charge in [0.2, 0.25) is 12.3 Å².